The lowest BCUT2D eigenvalue weighted by Crippen LogP contribution is -2.38. The van der Waals surface area contributed by atoms with Gasteiger partial charge in [0.25, 0.3) is 0 Å². The maximum Gasteiger partial charge on any atom is 0.129 e. The van der Waals surface area contributed by atoms with E-state index >= 15 is 0 Å². The second kappa shape index (κ2) is 6.74. The largest absolute Gasteiger partial charge is 0.271 e. The summed E-state index contributed by atoms with van der Waals surface area (Å²) in [5.74, 6) is 4.01. The number of hydrogen-bond donors (Lipinski definition) is 2. The molecule has 1 unspecified atom stereocenters. The summed E-state index contributed by atoms with van der Waals surface area (Å²) < 4.78 is 39.6. The van der Waals surface area contributed by atoms with Gasteiger partial charge < -0.3 is 0 Å². The average molecular weight is 294 g/mol. The van der Waals surface area contributed by atoms with Gasteiger partial charge in [-0.25, -0.2) is 13.2 Å². The molecule has 2 aromatic rings. The molecule has 0 heterocycles. The molecule has 1 atom stereocenters. The van der Waals surface area contributed by atoms with E-state index in [4.69, 9.17) is 5.84 Å². The maximum absolute atomic E-state index is 13.7. The van der Waals surface area contributed by atoms with Gasteiger partial charge in [0.15, 0.2) is 0 Å². The zero-order valence-corrected chi connectivity index (χ0v) is 11.7. The third-order valence-corrected chi connectivity index (χ3v) is 3.49. The highest BCUT2D eigenvalue weighted by Crippen LogP contribution is 2.16. The highest BCUT2D eigenvalue weighted by atomic mass is 19.1. The summed E-state index contributed by atoms with van der Waals surface area (Å²) in [7, 11) is 0. The van der Waals surface area contributed by atoms with Crippen molar-refractivity contribution in [1.29, 1.82) is 0 Å². The minimum Gasteiger partial charge on any atom is -0.271 e. The predicted molar refractivity (Wildman–Crippen MR) is 76.0 cm³/mol. The number of halogens is 3. The van der Waals surface area contributed by atoms with Crippen LogP contribution in [0.5, 0.6) is 0 Å². The topological polar surface area (TPSA) is 38.0 Å². The van der Waals surface area contributed by atoms with Crippen LogP contribution >= 0.6 is 0 Å². The molecule has 0 aliphatic carbocycles. The Morgan fingerprint density at radius 2 is 1.52 bits per heavy atom. The van der Waals surface area contributed by atoms with Crippen molar-refractivity contribution in [2.24, 2.45) is 5.84 Å². The fourth-order valence-corrected chi connectivity index (χ4v) is 2.30. The van der Waals surface area contributed by atoms with E-state index in [1.807, 2.05) is 6.92 Å². The molecule has 0 saturated heterocycles. The molecule has 2 rings (SSSR count). The SMILES string of the molecule is Cc1cc(F)ccc1CC(Cc1ccc(F)cc1F)NN. The van der Waals surface area contributed by atoms with Gasteiger partial charge in [-0.2, -0.15) is 0 Å². The zero-order valence-electron chi connectivity index (χ0n) is 11.7. The Kier molecular flexibility index (Phi) is 4.98. The molecule has 21 heavy (non-hydrogen) atoms. The Hall–Kier alpha value is -1.85. The Morgan fingerprint density at radius 3 is 2.10 bits per heavy atom. The molecule has 0 spiro atoms. The molecule has 0 aliphatic heterocycles. The predicted octanol–water partition coefficient (Wildman–Crippen LogP) is 3.03. The Morgan fingerprint density at radius 1 is 0.952 bits per heavy atom. The zero-order chi connectivity index (χ0) is 15.4. The second-order valence-electron chi connectivity index (χ2n) is 5.08. The van der Waals surface area contributed by atoms with Crippen molar-refractivity contribution in [1.82, 2.24) is 5.43 Å². The molecule has 0 saturated carbocycles. The van der Waals surface area contributed by atoms with Crippen LogP contribution in [-0.4, -0.2) is 6.04 Å². The van der Waals surface area contributed by atoms with Crippen molar-refractivity contribution in [3.8, 4) is 0 Å². The lowest BCUT2D eigenvalue weighted by molar-refractivity contribution is 0.501. The Labute approximate surface area is 121 Å². The molecular weight excluding hydrogens is 277 g/mol. The standard InChI is InChI=1S/C16H17F3N2/c1-10-6-13(17)4-2-11(10)7-15(21-20)8-12-3-5-14(18)9-16(12)19/h2-6,9,15,21H,7-8,20H2,1H3. The molecule has 112 valence electrons. The first-order valence-electron chi connectivity index (χ1n) is 6.64. The monoisotopic (exact) mass is 294 g/mol. The molecule has 0 fully saturated rings. The number of aryl methyl sites for hydroxylation is 1. The number of hydrazine groups is 1. The quantitative estimate of drug-likeness (QED) is 0.657. The minimum atomic E-state index is -0.608. The lowest BCUT2D eigenvalue weighted by Gasteiger charge is -2.18. The fourth-order valence-electron chi connectivity index (χ4n) is 2.30. The van der Waals surface area contributed by atoms with E-state index in [1.165, 1.54) is 24.3 Å². The summed E-state index contributed by atoms with van der Waals surface area (Å²) in [6.07, 6.45) is 0.846. The normalized spacial score (nSPS) is 12.4. The molecule has 0 aliphatic rings. The van der Waals surface area contributed by atoms with E-state index in [9.17, 15) is 13.2 Å². The lowest BCUT2D eigenvalue weighted by atomic mass is 9.96. The maximum atomic E-state index is 13.7. The third kappa shape index (κ3) is 4.06. The molecule has 2 nitrogen and oxygen atoms in total. The van der Waals surface area contributed by atoms with E-state index in [1.54, 1.807) is 6.07 Å². The van der Waals surface area contributed by atoms with Crippen LogP contribution < -0.4 is 11.3 Å². The van der Waals surface area contributed by atoms with Crippen LogP contribution in [0.2, 0.25) is 0 Å². The van der Waals surface area contributed by atoms with Gasteiger partial charge in [0.2, 0.25) is 0 Å². The van der Waals surface area contributed by atoms with Crippen molar-refractivity contribution in [2.45, 2.75) is 25.8 Å². The van der Waals surface area contributed by atoms with Gasteiger partial charge >= 0.3 is 0 Å². The minimum absolute atomic E-state index is 0.228. The van der Waals surface area contributed by atoms with Gasteiger partial charge in [-0.15, -0.1) is 0 Å². The van der Waals surface area contributed by atoms with Crippen LogP contribution in [0.4, 0.5) is 13.2 Å². The highest BCUT2D eigenvalue weighted by Gasteiger charge is 2.14. The molecule has 2 aromatic carbocycles. The second-order valence-corrected chi connectivity index (χ2v) is 5.08. The summed E-state index contributed by atoms with van der Waals surface area (Å²) in [6.45, 7) is 1.81. The summed E-state index contributed by atoms with van der Waals surface area (Å²) in [4.78, 5) is 0. The van der Waals surface area contributed by atoms with Crippen LogP contribution in [0.1, 0.15) is 16.7 Å². The summed E-state index contributed by atoms with van der Waals surface area (Å²) in [5.41, 5.74) is 4.76. The van der Waals surface area contributed by atoms with Crippen LogP contribution in [0.3, 0.4) is 0 Å². The fraction of sp³-hybridized carbons (Fsp3) is 0.250. The first-order chi connectivity index (χ1) is 9.99. The molecular formula is C16H17F3N2. The number of nitrogens with two attached hydrogens (primary N) is 1. The molecule has 3 N–H and O–H groups in total. The number of hydrogen-bond acceptors (Lipinski definition) is 2. The van der Waals surface area contributed by atoms with Crippen molar-refractivity contribution in [2.75, 3.05) is 0 Å². The van der Waals surface area contributed by atoms with Gasteiger partial charge in [0.05, 0.1) is 0 Å². The van der Waals surface area contributed by atoms with Crippen molar-refractivity contribution in [3.63, 3.8) is 0 Å². The first-order valence-corrected chi connectivity index (χ1v) is 6.64. The average Bonchev–Trinajstić information content (AvgIpc) is 2.43. The molecule has 0 bridgehead atoms. The van der Waals surface area contributed by atoms with Gasteiger partial charge in [0, 0.05) is 12.1 Å². The van der Waals surface area contributed by atoms with E-state index in [0.29, 0.717) is 18.4 Å². The summed E-state index contributed by atoms with van der Waals surface area (Å²) in [6, 6.07) is 7.77. The van der Waals surface area contributed by atoms with E-state index in [0.717, 1.165) is 17.2 Å². The van der Waals surface area contributed by atoms with Crippen molar-refractivity contribution in [3.05, 3.63) is 70.5 Å². The summed E-state index contributed by atoms with van der Waals surface area (Å²) in [5, 5.41) is 0. The first kappa shape index (κ1) is 15.5. The van der Waals surface area contributed by atoms with Crippen molar-refractivity contribution < 1.29 is 13.2 Å². The van der Waals surface area contributed by atoms with Gasteiger partial charge in [-0.1, -0.05) is 12.1 Å². The van der Waals surface area contributed by atoms with Gasteiger partial charge in [-0.3, -0.25) is 11.3 Å². The third-order valence-electron chi connectivity index (χ3n) is 3.49. The van der Waals surface area contributed by atoms with Crippen LogP contribution in [-0.2, 0) is 12.8 Å². The Balaban J connectivity index is 2.13. The molecule has 0 amide bonds. The van der Waals surface area contributed by atoms with Crippen LogP contribution in [0.25, 0.3) is 0 Å². The molecule has 0 radical (unpaired) electrons. The number of nitrogens with one attached hydrogen (secondary N) is 1. The number of rotatable bonds is 5. The van der Waals surface area contributed by atoms with Gasteiger partial charge in [-0.05, 0) is 54.7 Å². The number of benzene rings is 2. The molecule has 0 aromatic heterocycles. The van der Waals surface area contributed by atoms with E-state index in [-0.39, 0.29) is 11.9 Å². The van der Waals surface area contributed by atoms with E-state index in [2.05, 4.69) is 5.43 Å². The van der Waals surface area contributed by atoms with Crippen LogP contribution in [0, 0.1) is 24.4 Å². The van der Waals surface area contributed by atoms with Crippen LogP contribution in [0.15, 0.2) is 36.4 Å². The smallest absolute Gasteiger partial charge is 0.129 e. The summed E-state index contributed by atoms with van der Waals surface area (Å²) >= 11 is 0. The van der Waals surface area contributed by atoms with Crippen molar-refractivity contribution >= 4 is 0 Å². The Bertz CT molecular complexity index is 575. The highest BCUT2D eigenvalue weighted by molar-refractivity contribution is 5.28. The molecule has 5 heteroatoms. The van der Waals surface area contributed by atoms with Gasteiger partial charge in [0.1, 0.15) is 17.5 Å². The van der Waals surface area contributed by atoms with E-state index < -0.39 is 11.6 Å².